The second-order valence-corrected chi connectivity index (χ2v) is 12.8. The van der Waals surface area contributed by atoms with E-state index in [9.17, 15) is 28.8 Å². The number of carbonyl (C=O) groups excluding carboxylic acids is 3. The summed E-state index contributed by atoms with van der Waals surface area (Å²) in [5.74, 6) is -3.82. The van der Waals surface area contributed by atoms with Crippen molar-refractivity contribution in [2.45, 2.75) is 20.8 Å². The largest absolute Gasteiger partial charge is 0.477 e. The summed E-state index contributed by atoms with van der Waals surface area (Å²) in [5, 5.41) is 35.1. The zero-order valence-electron chi connectivity index (χ0n) is 34.4. The number of amides is 3. The van der Waals surface area contributed by atoms with E-state index in [1.165, 1.54) is 55.0 Å². The van der Waals surface area contributed by atoms with Gasteiger partial charge in [0.1, 0.15) is 51.6 Å². The van der Waals surface area contributed by atoms with Crippen molar-refractivity contribution in [1.29, 1.82) is 0 Å². The Kier molecular flexibility index (Phi) is 19.4. The molecule has 0 aromatic carbocycles. The summed E-state index contributed by atoms with van der Waals surface area (Å²) in [6.07, 6.45) is 4.54. The number of rotatable bonds is 12. The van der Waals surface area contributed by atoms with E-state index in [0.717, 1.165) is 0 Å². The van der Waals surface area contributed by atoms with Gasteiger partial charge in [-0.2, -0.15) is 0 Å². The second kappa shape index (κ2) is 24.4. The summed E-state index contributed by atoms with van der Waals surface area (Å²) in [4.78, 5) is 92.4. The fourth-order valence-corrected chi connectivity index (χ4v) is 5.25. The minimum absolute atomic E-state index is 0. The number of pyridine rings is 6. The molecule has 0 aliphatic heterocycles. The molecule has 22 heteroatoms. The van der Waals surface area contributed by atoms with E-state index in [4.69, 9.17) is 32.5 Å². The predicted molar refractivity (Wildman–Crippen MR) is 231 cm³/mol. The predicted octanol–water partition coefficient (Wildman–Crippen LogP) is 3.52. The van der Waals surface area contributed by atoms with Crippen molar-refractivity contribution >= 4 is 53.1 Å². The Bertz CT molecular complexity index is 2340. The normalized spacial score (nSPS) is 9.98. The van der Waals surface area contributed by atoms with E-state index in [1.54, 1.807) is 57.2 Å². The van der Waals surface area contributed by atoms with E-state index in [2.05, 4.69) is 45.9 Å². The summed E-state index contributed by atoms with van der Waals surface area (Å²) >= 11 is 0. The number of hydrogen-bond acceptors (Lipinski definition) is 15. The Morgan fingerprint density at radius 1 is 0.422 bits per heavy atom. The van der Waals surface area contributed by atoms with Gasteiger partial charge in [-0.15, -0.1) is 0 Å². The van der Waals surface area contributed by atoms with Crippen molar-refractivity contribution in [3.05, 3.63) is 126 Å². The van der Waals surface area contributed by atoms with Gasteiger partial charge in [-0.05, 0) is 110 Å². The zero-order chi connectivity index (χ0) is 46.2. The van der Waals surface area contributed by atoms with Crippen molar-refractivity contribution in [3.8, 4) is 33.4 Å². The molecular weight excluding hydrogens is 969 g/mol. The molecule has 0 unspecified atom stereocenters. The Morgan fingerprint density at radius 3 is 0.844 bits per heavy atom. The van der Waals surface area contributed by atoms with Crippen LogP contribution in [0.5, 0.6) is 0 Å². The third kappa shape index (κ3) is 14.7. The van der Waals surface area contributed by atoms with Gasteiger partial charge in [0.25, 0.3) is 17.7 Å². The summed E-state index contributed by atoms with van der Waals surface area (Å²) in [5.41, 5.74) is 19.7. The van der Waals surface area contributed by atoms with E-state index in [1.807, 2.05) is 0 Å². The Labute approximate surface area is 405 Å². The molecule has 6 heterocycles. The molecule has 0 atom stereocenters. The Hall–Kier alpha value is -7.30. The van der Waals surface area contributed by atoms with E-state index in [0.29, 0.717) is 70.5 Å². The van der Waals surface area contributed by atoms with Crippen molar-refractivity contribution < 1.29 is 93.5 Å². The quantitative estimate of drug-likeness (QED) is 0.0846. The molecular formula is C42H42EuN12O9. The van der Waals surface area contributed by atoms with Gasteiger partial charge in [0.15, 0.2) is 0 Å². The molecule has 0 aliphatic rings. The van der Waals surface area contributed by atoms with Crippen LogP contribution in [-0.4, -0.2) is 100 Å². The first kappa shape index (κ1) is 51.1. The smallest absolute Gasteiger partial charge is 0.354 e. The maximum atomic E-state index is 11.9. The molecule has 0 spiro atoms. The number of carboxylic acids is 3. The van der Waals surface area contributed by atoms with Crippen LogP contribution >= 0.6 is 0 Å². The van der Waals surface area contributed by atoms with Gasteiger partial charge in [0.05, 0.1) is 0 Å². The third-order valence-corrected chi connectivity index (χ3v) is 8.20. The maximum absolute atomic E-state index is 11.9. The van der Waals surface area contributed by atoms with Crippen LogP contribution in [-0.2, 0) is 0 Å². The first-order valence-electron chi connectivity index (χ1n) is 18.8. The Balaban J connectivity index is 0.000000253. The first-order valence-corrected chi connectivity index (χ1v) is 18.8. The SMILES string of the molecule is CCNC(=O)c1cc(-c2ccc(N)nc2)cc(C(=O)O)n1.CCNC(=O)c1cc(-c2ccc(N)nc2)cc(C(=O)O)n1.CCNC(=O)c1cc(-c2ccc(N)nc2)cc(C(=O)O)n1.[Eu]. The average molecular weight is 1010 g/mol. The van der Waals surface area contributed by atoms with Gasteiger partial charge < -0.3 is 48.5 Å². The van der Waals surface area contributed by atoms with Gasteiger partial charge in [0.2, 0.25) is 0 Å². The van der Waals surface area contributed by atoms with E-state index in [-0.39, 0.29) is 83.5 Å². The van der Waals surface area contributed by atoms with Crippen LogP contribution in [0.15, 0.2) is 91.4 Å². The monoisotopic (exact) mass is 1010 g/mol. The van der Waals surface area contributed by atoms with Gasteiger partial charge >= 0.3 is 17.9 Å². The molecule has 6 rings (SSSR count). The second-order valence-electron chi connectivity index (χ2n) is 12.8. The number of carbonyl (C=O) groups is 6. The number of hydrogen-bond donors (Lipinski definition) is 9. The zero-order valence-corrected chi connectivity index (χ0v) is 36.8. The number of aromatic carboxylic acids is 3. The number of anilines is 3. The molecule has 6 aromatic rings. The Morgan fingerprint density at radius 2 is 0.656 bits per heavy atom. The van der Waals surface area contributed by atoms with E-state index < -0.39 is 35.6 Å². The third-order valence-electron chi connectivity index (χ3n) is 8.20. The van der Waals surface area contributed by atoms with Crippen molar-refractivity contribution in [1.82, 2.24) is 45.9 Å². The topological polar surface area (TPSA) is 355 Å². The number of nitrogens with two attached hydrogens (primary N) is 3. The molecule has 64 heavy (non-hydrogen) atoms. The molecule has 3 amide bonds. The maximum Gasteiger partial charge on any atom is 0.354 e. The molecule has 0 fully saturated rings. The molecule has 0 aliphatic carbocycles. The van der Waals surface area contributed by atoms with Crippen LogP contribution in [0.1, 0.15) is 83.7 Å². The van der Waals surface area contributed by atoms with Crippen LogP contribution in [0.25, 0.3) is 33.4 Å². The number of carboxylic acid groups (broad SMARTS) is 3. The van der Waals surface area contributed by atoms with Gasteiger partial charge in [-0.1, -0.05) is 0 Å². The fourth-order valence-electron chi connectivity index (χ4n) is 5.25. The summed E-state index contributed by atoms with van der Waals surface area (Å²) in [6.45, 7) is 6.58. The number of nitrogens with one attached hydrogen (secondary N) is 3. The van der Waals surface area contributed by atoms with Gasteiger partial charge in [0, 0.05) is 104 Å². The van der Waals surface area contributed by atoms with Gasteiger partial charge in [-0.3, -0.25) is 14.4 Å². The summed E-state index contributed by atoms with van der Waals surface area (Å²) in [6, 6.07) is 18.6. The molecule has 331 valence electrons. The van der Waals surface area contributed by atoms with Crippen molar-refractivity contribution in [3.63, 3.8) is 0 Å². The molecule has 0 saturated heterocycles. The number of nitrogens with zero attached hydrogens (tertiary/aromatic N) is 6. The van der Waals surface area contributed by atoms with Crippen LogP contribution in [0.2, 0.25) is 0 Å². The van der Waals surface area contributed by atoms with Crippen LogP contribution in [0.3, 0.4) is 0 Å². The van der Waals surface area contributed by atoms with E-state index >= 15 is 0 Å². The molecule has 6 aromatic heterocycles. The molecule has 0 bridgehead atoms. The van der Waals surface area contributed by atoms with Gasteiger partial charge in [-0.25, -0.2) is 44.3 Å². The number of nitrogen functional groups attached to an aromatic ring is 3. The first-order chi connectivity index (χ1) is 30.0. The van der Waals surface area contributed by atoms with Crippen LogP contribution < -0.4 is 33.2 Å². The van der Waals surface area contributed by atoms with Crippen molar-refractivity contribution in [2.24, 2.45) is 0 Å². The standard InChI is InChI=1S/3C14H14N4O3.Eu/c3*1-2-16-13(19)10-5-9(6-11(18-10)14(20)21)8-3-4-12(15)17-7-8;/h3*3-7H,2H2,1H3,(H2,15,17)(H,16,19)(H,20,21);. The molecule has 21 nitrogen and oxygen atoms in total. The van der Waals surface area contributed by atoms with Crippen LogP contribution in [0.4, 0.5) is 17.5 Å². The van der Waals surface area contributed by atoms with Crippen LogP contribution in [0, 0.1) is 49.4 Å². The molecule has 1 radical (unpaired) electrons. The minimum Gasteiger partial charge on any atom is -0.477 e. The average Bonchev–Trinajstić information content (AvgIpc) is 3.27. The summed E-state index contributed by atoms with van der Waals surface area (Å²) in [7, 11) is 0. The molecule has 0 saturated carbocycles. The number of aromatic nitrogens is 6. The fraction of sp³-hybridized carbons (Fsp3) is 0.143. The van der Waals surface area contributed by atoms with Crippen molar-refractivity contribution in [2.75, 3.05) is 36.8 Å². The molecule has 12 N–H and O–H groups in total. The minimum atomic E-state index is -1.20. The summed E-state index contributed by atoms with van der Waals surface area (Å²) < 4.78 is 0.